The first kappa shape index (κ1) is 13.1. The average molecular weight is 283 g/mol. The predicted molar refractivity (Wildman–Crippen MR) is 80.8 cm³/mol. The fraction of sp³-hybridized carbons (Fsp3) is 0.0625. The number of benzene rings is 2. The van der Waals surface area contributed by atoms with Crippen molar-refractivity contribution in [2.24, 2.45) is 0 Å². The highest BCUT2D eigenvalue weighted by molar-refractivity contribution is 5.84. The number of aromatic hydroxyl groups is 2. The van der Waals surface area contributed by atoms with Crippen LogP contribution in [0.4, 0.5) is 5.69 Å². The Bertz CT molecular complexity index is 866. The lowest BCUT2D eigenvalue weighted by Crippen LogP contribution is -2.03. The first-order valence-corrected chi connectivity index (χ1v) is 6.37. The second-order valence-electron chi connectivity index (χ2n) is 4.62. The number of fused-ring (bicyclic) bond motifs is 1. The predicted octanol–water partition coefficient (Wildman–Crippen LogP) is 2.91. The second-order valence-corrected chi connectivity index (χ2v) is 4.62. The van der Waals surface area contributed by atoms with Crippen LogP contribution in [0.2, 0.25) is 0 Å². The van der Waals surface area contributed by atoms with Crippen molar-refractivity contribution in [3.63, 3.8) is 0 Å². The maximum Gasteiger partial charge on any atom is 0.235 e. The Labute approximate surface area is 120 Å². The number of anilines is 1. The summed E-state index contributed by atoms with van der Waals surface area (Å²) in [6.07, 6.45) is 0. The Morgan fingerprint density at radius 1 is 1.05 bits per heavy atom. The van der Waals surface area contributed by atoms with E-state index in [-0.39, 0.29) is 11.5 Å². The maximum atomic E-state index is 12.3. The lowest BCUT2D eigenvalue weighted by molar-refractivity contribution is 0.449. The van der Waals surface area contributed by atoms with Gasteiger partial charge in [-0.15, -0.1) is 0 Å². The monoisotopic (exact) mass is 283 g/mol. The van der Waals surface area contributed by atoms with Crippen molar-refractivity contribution in [3.8, 4) is 22.8 Å². The van der Waals surface area contributed by atoms with E-state index in [9.17, 15) is 15.0 Å². The molecule has 0 spiro atoms. The Kier molecular flexibility index (Phi) is 3.02. The minimum absolute atomic E-state index is 0.0877. The molecular weight excluding hydrogens is 270 g/mol. The van der Waals surface area contributed by atoms with Crippen LogP contribution in [0.5, 0.6) is 11.5 Å². The summed E-state index contributed by atoms with van der Waals surface area (Å²) in [5.41, 5.74) is 1.17. The topological polar surface area (TPSA) is 82.7 Å². The SMILES string of the molecule is CNc1ccc2oc(-c3ccc(O)cc3)c(O)c(=O)c2c1. The van der Waals surface area contributed by atoms with Crippen LogP contribution < -0.4 is 10.7 Å². The van der Waals surface area contributed by atoms with Crippen molar-refractivity contribution in [1.82, 2.24) is 0 Å². The molecule has 21 heavy (non-hydrogen) atoms. The molecule has 2 aromatic carbocycles. The standard InChI is InChI=1S/C16H13NO4/c1-17-10-4-7-13-12(8-10)14(19)15(20)16(21-13)9-2-5-11(18)6-3-9/h2-8,17-18,20H,1H3. The van der Waals surface area contributed by atoms with Gasteiger partial charge in [-0.2, -0.15) is 0 Å². The number of hydrogen-bond donors (Lipinski definition) is 3. The van der Waals surface area contributed by atoms with E-state index >= 15 is 0 Å². The van der Waals surface area contributed by atoms with Gasteiger partial charge in [0.15, 0.2) is 5.76 Å². The molecule has 0 unspecified atom stereocenters. The molecule has 0 radical (unpaired) electrons. The molecule has 1 aromatic heterocycles. The van der Waals surface area contributed by atoms with E-state index in [1.165, 1.54) is 12.1 Å². The third-order valence-electron chi connectivity index (χ3n) is 3.28. The summed E-state index contributed by atoms with van der Waals surface area (Å²) >= 11 is 0. The van der Waals surface area contributed by atoms with Crippen LogP contribution in [0, 0.1) is 0 Å². The van der Waals surface area contributed by atoms with E-state index in [2.05, 4.69) is 5.32 Å². The molecule has 5 nitrogen and oxygen atoms in total. The molecule has 0 fully saturated rings. The van der Waals surface area contributed by atoms with Crippen molar-refractivity contribution in [2.45, 2.75) is 0 Å². The molecule has 0 atom stereocenters. The smallest absolute Gasteiger partial charge is 0.235 e. The number of nitrogens with one attached hydrogen (secondary N) is 1. The third kappa shape index (κ3) is 2.18. The van der Waals surface area contributed by atoms with Crippen LogP contribution in [0.25, 0.3) is 22.3 Å². The molecule has 3 N–H and O–H groups in total. The summed E-state index contributed by atoms with van der Waals surface area (Å²) in [6, 6.07) is 11.1. The molecule has 0 aliphatic heterocycles. The maximum absolute atomic E-state index is 12.3. The lowest BCUT2D eigenvalue weighted by atomic mass is 10.1. The van der Waals surface area contributed by atoms with Gasteiger partial charge >= 0.3 is 0 Å². The molecule has 3 aromatic rings. The van der Waals surface area contributed by atoms with E-state index in [0.29, 0.717) is 16.5 Å². The number of rotatable bonds is 2. The summed E-state index contributed by atoms with van der Waals surface area (Å²) in [5.74, 6) is -0.258. The van der Waals surface area contributed by atoms with E-state index in [4.69, 9.17) is 4.42 Å². The van der Waals surface area contributed by atoms with E-state index < -0.39 is 11.2 Å². The summed E-state index contributed by atoms with van der Waals surface area (Å²) < 4.78 is 5.64. The zero-order chi connectivity index (χ0) is 15.0. The quantitative estimate of drug-likeness (QED) is 0.673. The highest BCUT2D eigenvalue weighted by Gasteiger charge is 2.15. The van der Waals surface area contributed by atoms with Gasteiger partial charge in [0.2, 0.25) is 11.2 Å². The van der Waals surface area contributed by atoms with Crippen molar-refractivity contribution in [1.29, 1.82) is 0 Å². The van der Waals surface area contributed by atoms with E-state index in [1.807, 2.05) is 0 Å². The van der Waals surface area contributed by atoms with Gasteiger partial charge in [0.05, 0.1) is 5.39 Å². The number of phenolic OH excluding ortho intramolecular Hbond substituents is 1. The van der Waals surface area contributed by atoms with Crippen LogP contribution in [0.3, 0.4) is 0 Å². The van der Waals surface area contributed by atoms with Gasteiger partial charge in [-0.05, 0) is 42.5 Å². The molecule has 0 amide bonds. The van der Waals surface area contributed by atoms with Gasteiger partial charge in [-0.3, -0.25) is 4.79 Å². The van der Waals surface area contributed by atoms with Gasteiger partial charge in [0.25, 0.3) is 0 Å². The van der Waals surface area contributed by atoms with Gasteiger partial charge in [-0.1, -0.05) is 0 Å². The molecule has 1 heterocycles. The summed E-state index contributed by atoms with van der Waals surface area (Å²) in [5, 5.41) is 22.6. The van der Waals surface area contributed by atoms with Crippen molar-refractivity contribution >= 4 is 16.7 Å². The van der Waals surface area contributed by atoms with Crippen molar-refractivity contribution in [2.75, 3.05) is 12.4 Å². The van der Waals surface area contributed by atoms with Gasteiger partial charge < -0.3 is 19.9 Å². The molecule has 0 aliphatic carbocycles. The van der Waals surface area contributed by atoms with Crippen LogP contribution >= 0.6 is 0 Å². The molecule has 0 bridgehead atoms. The zero-order valence-electron chi connectivity index (χ0n) is 11.3. The molecule has 5 heteroatoms. The Morgan fingerprint density at radius 3 is 2.43 bits per heavy atom. The molecule has 0 saturated carbocycles. The van der Waals surface area contributed by atoms with Crippen LogP contribution in [-0.2, 0) is 0 Å². The van der Waals surface area contributed by atoms with Gasteiger partial charge in [0, 0.05) is 18.3 Å². The summed E-state index contributed by atoms with van der Waals surface area (Å²) in [4.78, 5) is 12.3. The number of hydrogen-bond acceptors (Lipinski definition) is 5. The first-order chi connectivity index (χ1) is 10.1. The average Bonchev–Trinajstić information content (AvgIpc) is 2.51. The Hall–Kier alpha value is -2.95. The third-order valence-corrected chi connectivity index (χ3v) is 3.28. The fourth-order valence-corrected chi connectivity index (χ4v) is 2.15. The first-order valence-electron chi connectivity index (χ1n) is 6.37. The molecule has 106 valence electrons. The molecular formula is C16H13NO4. The summed E-state index contributed by atoms with van der Waals surface area (Å²) in [6.45, 7) is 0. The largest absolute Gasteiger partial charge is 0.508 e. The van der Waals surface area contributed by atoms with E-state index in [1.54, 1.807) is 37.4 Å². The minimum atomic E-state index is -0.489. The van der Waals surface area contributed by atoms with E-state index in [0.717, 1.165) is 5.69 Å². The van der Waals surface area contributed by atoms with Crippen LogP contribution in [-0.4, -0.2) is 17.3 Å². The van der Waals surface area contributed by atoms with Crippen LogP contribution in [0.15, 0.2) is 51.7 Å². The second kappa shape index (κ2) is 4.86. The van der Waals surface area contributed by atoms with Crippen molar-refractivity contribution in [3.05, 3.63) is 52.7 Å². The zero-order valence-corrected chi connectivity index (χ0v) is 11.3. The summed E-state index contributed by atoms with van der Waals surface area (Å²) in [7, 11) is 1.74. The number of phenols is 1. The lowest BCUT2D eigenvalue weighted by Gasteiger charge is -2.07. The highest BCUT2D eigenvalue weighted by Crippen LogP contribution is 2.31. The Morgan fingerprint density at radius 2 is 1.76 bits per heavy atom. The normalized spacial score (nSPS) is 10.7. The molecule has 0 saturated heterocycles. The fourth-order valence-electron chi connectivity index (χ4n) is 2.15. The van der Waals surface area contributed by atoms with Gasteiger partial charge in [0.1, 0.15) is 11.3 Å². The minimum Gasteiger partial charge on any atom is -0.508 e. The molecule has 0 aliphatic rings. The Balaban J connectivity index is 2.28. The van der Waals surface area contributed by atoms with Crippen molar-refractivity contribution < 1.29 is 14.6 Å². The van der Waals surface area contributed by atoms with Gasteiger partial charge in [-0.25, -0.2) is 0 Å². The van der Waals surface area contributed by atoms with Crippen LogP contribution in [0.1, 0.15) is 0 Å². The molecule has 3 rings (SSSR count). The highest BCUT2D eigenvalue weighted by atomic mass is 16.4.